The van der Waals surface area contributed by atoms with Gasteiger partial charge in [0.25, 0.3) is 5.91 Å². The molecule has 0 atom stereocenters. The van der Waals surface area contributed by atoms with Crippen molar-refractivity contribution in [1.82, 2.24) is 10.3 Å². The topological polar surface area (TPSA) is 80.3 Å². The van der Waals surface area contributed by atoms with Crippen molar-refractivity contribution >= 4 is 62.6 Å². The van der Waals surface area contributed by atoms with Crippen LogP contribution in [0.4, 0.5) is 5.69 Å². The molecule has 31 heavy (non-hydrogen) atoms. The average Bonchev–Trinajstić information content (AvgIpc) is 3.39. The van der Waals surface area contributed by atoms with Crippen molar-refractivity contribution in [3.63, 3.8) is 0 Å². The molecule has 0 saturated carbocycles. The second kappa shape index (κ2) is 7.86. The molecule has 0 aliphatic rings. The first kappa shape index (κ1) is 19.3. The maximum Gasteiger partial charge on any atom is 0.293 e. The third-order valence-corrected chi connectivity index (χ3v) is 5.16. The van der Waals surface area contributed by atoms with Crippen LogP contribution in [0.3, 0.4) is 0 Å². The van der Waals surface area contributed by atoms with E-state index in [1.165, 1.54) is 0 Å². The number of hydrogen-bond donors (Lipinski definition) is 2. The van der Waals surface area contributed by atoms with Gasteiger partial charge >= 0.3 is 0 Å². The number of rotatable bonds is 3. The highest BCUT2D eigenvalue weighted by molar-refractivity contribution is 7.80. The van der Waals surface area contributed by atoms with E-state index in [-0.39, 0.29) is 10.9 Å². The minimum Gasteiger partial charge on any atom is -0.451 e. The molecule has 0 radical (unpaired) electrons. The third-order valence-electron chi connectivity index (χ3n) is 4.62. The number of amides is 1. The number of anilines is 1. The molecule has 1 amide bonds. The Labute approximate surface area is 186 Å². The van der Waals surface area contributed by atoms with Crippen molar-refractivity contribution < 1.29 is 13.6 Å². The smallest absolute Gasteiger partial charge is 0.293 e. The molecule has 5 aromatic rings. The lowest BCUT2D eigenvalue weighted by Crippen LogP contribution is -2.33. The lowest BCUT2D eigenvalue weighted by molar-refractivity contribution is 0.0953. The molecule has 0 fully saturated rings. The monoisotopic (exact) mass is 447 g/mol. The van der Waals surface area contributed by atoms with Crippen LogP contribution in [-0.2, 0) is 0 Å². The molecular formula is C23H14ClN3O3S. The van der Waals surface area contributed by atoms with E-state index >= 15 is 0 Å². The Hall–Kier alpha value is -3.68. The quantitative estimate of drug-likeness (QED) is 0.329. The van der Waals surface area contributed by atoms with Crippen molar-refractivity contribution in [1.29, 1.82) is 0 Å². The van der Waals surface area contributed by atoms with E-state index < -0.39 is 5.91 Å². The number of halogens is 1. The number of carbonyl (C=O) groups excluding carboxylic acids is 1. The van der Waals surface area contributed by atoms with Crippen molar-refractivity contribution in [2.24, 2.45) is 0 Å². The lowest BCUT2D eigenvalue weighted by atomic mass is 10.2. The number of nitrogens with zero attached hydrogens (tertiary/aromatic N) is 1. The summed E-state index contributed by atoms with van der Waals surface area (Å²) in [7, 11) is 0. The van der Waals surface area contributed by atoms with Gasteiger partial charge in [0.15, 0.2) is 16.5 Å². The number of benzene rings is 3. The van der Waals surface area contributed by atoms with Crippen LogP contribution >= 0.6 is 23.8 Å². The summed E-state index contributed by atoms with van der Waals surface area (Å²) in [5.41, 5.74) is 3.26. The van der Waals surface area contributed by atoms with Crippen LogP contribution in [0.2, 0.25) is 5.02 Å². The van der Waals surface area contributed by atoms with Gasteiger partial charge in [0.1, 0.15) is 11.1 Å². The van der Waals surface area contributed by atoms with E-state index in [9.17, 15) is 4.79 Å². The molecule has 2 aromatic heterocycles. The standard InChI is InChI=1S/C23H14ClN3O3S/c24-16-10-9-14(12-15(16)22-26-17-6-2-4-8-19(17)30-22)25-23(31)27-21(28)20-11-13-5-1-3-7-18(13)29-20/h1-12H,(H2,25,27,28,31). The zero-order valence-corrected chi connectivity index (χ0v) is 17.5. The van der Waals surface area contributed by atoms with Crippen molar-refractivity contribution in [2.45, 2.75) is 0 Å². The molecule has 2 N–H and O–H groups in total. The fourth-order valence-electron chi connectivity index (χ4n) is 3.18. The first-order valence-electron chi connectivity index (χ1n) is 9.33. The average molecular weight is 448 g/mol. The highest BCUT2D eigenvalue weighted by Gasteiger charge is 2.15. The zero-order valence-electron chi connectivity index (χ0n) is 15.9. The predicted molar refractivity (Wildman–Crippen MR) is 124 cm³/mol. The highest BCUT2D eigenvalue weighted by Crippen LogP contribution is 2.32. The van der Waals surface area contributed by atoms with Gasteiger partial charge in [-0.2, -0.15) is 0 Å². The molecule has 0 bridgehead atoms. The molecular weight excluding hydrogens is 434 g/mol. The van der Waals surface area contributed by atoms with Gasteiger partial charge in [-0.1, -0.05) is 41.9 Å². The van der Waals surface area contributed by atoms with Crippen LogP contribution in [0.25, 0.3) is 33.5 Å². The summed E-state index contributed by atoms with van der Waals surface area (Å²) < 4.78 is 11.4. The Bertz CT molecular complexity index is 1390. The van der Waals surface area contributed by atoms with Crippen molar-refractivity contribution in [3.8, 4) is 11.5 Å². The second-order valence-electron chi connectivity index (χ2n) is 6.74. The van der Waals surface area contributed by atoms with Crippen molar-refractivity contribution in [2.75, 3.05) is 5.32 Å². The molecule has 3 aromatic carbocycles. The summed E-state index contributed by atoms with van der Waals surface area (Å²) in [5, 5.41) is 7.04. The molecule has 5 rings (SSSR count). The van der Waals surface area contributed by atoms with Gasteiger partial charge in [-0.05, 0) is 54.7 Å². The highest BCUT2D eigenvalue weighted by atomic mass is 35.5. The molecule has 0 unspecified atom stereocenters. The first-order chi connectivity index (χ1) is 15.1. The SMILES string of the molecule is O=C(NC(=S)Nc1ccc(Cl)c(-c2nc3ccccc3o2)c1)c1cc2ccccc2o1. The number of thiocarbonyl (C=S) groups is 1. The maximum atomic E-state index is 12.5. The van der Waals surface area contributed by atoms with Crippen LogP contribution < -0.4 is 10.6 Å². The largest absolute Gasteiger partial charge is 0.451 e. The molecule has 6 nitrogen and oxygen atoms in total. The van der Waals surface area contributed by atoms with E-state index in [1.54, 1.807) is 30.3 Å². The Morgan fingerprint density at radius 3 is 2.52 bits per heavy atom. The summed E-state index contributed by atoms with van der Waals surface area (Å²) in [4.78, 5) is 17.0. The van der Waals surface area contributed by atoms with E-state index in [0.717, 1.165) is 10.9 Å². The third kappa shape index (κ3) is 3.88. The van der Waals surface area contributed by atoms with Gasteiger partial charge in [0.05, 0.1) is 10.6 Å². The number of carbonyl (C=O) groups is 1. The van der Waals surface area contributed by atoms with Gasteiger partial charge in [-0.15, -0.1) is 0 Å². The maximum absolute atomic E-state index is 12.5. The summed E-state index contributed by atoms with van der Waals surface area (Å²) in [6.07, 6.45) is 0. The Morgan fingerprint density at radius 2 is 1.71 bits per heavy atom. The second-order valence-corrected chi connectivity index (χ2v) is 7.55. The number of para-hydroxylation sites is 3. The van der Waals surface area contributed by atoms with E-state index in [2.05, 4.69) is 15.6 Å². The summed E-state index contributed by atoms with van der Waals surface area (Å²) in [6, 6.07) is 21.7. The van der Waals surface area contributed by atoms with Gasteiger partial charge in [-0.3, -0.25) is 10.1 Å². The molecule has 0 spiro atoms. The minimum absolute atomic E-state index is 0.122. The molecule has 0 saturated heterocycles. The molecule has 152 valence electrons. The Balaban J connectivity index is 1.34. The molecule has 0 aliphatic heterocycles. The minimum atomic E-state index is -0.443. The summed E-state index contributed by atoms with van der Waals surface area (Å²) >= 11 is 11.6. The van der Waals surface area contributed by atoms with E-state index in [4.69, 9.17) is 32.7 Å². The van der Waals surface area contributed by atoms with Crippen molar-refractivity contribution in [3.05, 3.63) is 83.6 Å². The number of oxazole rings is 1. The molecule has 8 heteroatoms. The van der Waals surface area contributed by atoms with Gasteiger partial charge in [0, 0.05) is 11.1 Å². The van der Waals surface area contributed by atoms with Crippen LogP contribution in [0.1, 0.15) is 10.6 Å². The van der Waals surface area contributed by atoms with Crippen LogP contribution in [-0.4, -0.2) is 16.0 Å². The predicted octanol–water partition coefficient (Wildman–Crippen LogP) is 6.02. The van der Waals surface area contributed by atoms with E-state index in [0.29, 0.717) is 33.3 Å². The molecule has 0 aliphatic carbocycles. The number of nitrogens with one attached hydrogen (secondary N) is 2. The van der Waals surface area contributed by atoms with Gasteiger partial charge < -0.3 is 14.2 Å². The van der Waals surface area contributed by atoms with Crippen LogP contribution in [0.15, 0.2) is 81.6 Å². The fraction of sp³-hybridized carbons (Fsp3) is 0. The first-order valence-corrected chi connectivity index (χ1v) is 10.1. The van der Waals surface area contributed by atoms with Crippen LogP contribution in [0, 0.1) is 0 Å². The lowest BCUT2D eigenvalue weighted by Gasteiger charge is -2.10. The van der Waals surface area contributed by atoms with Gasteiger partial charge in [-0.25, -0.2) is 4.98 Å². The van der Waals surface area contributed by atoms with E-state index in [1.807, 2.05) is 42.5 Å². The zero-order chi connectivity index (χ0) is 21.4. The Kier molecular flexibility index (Phi) is 4.89. The molecule has 2 heterocycles. The van der Waals surface area contributed by atoms with Gasteiger partial charge in [0.2, 0.25) is 5.89 Å². The number of furan rings is 1. The fourth-order valence-corrected chi connectivity index (χ4v) is 3.58. The van der Waals surface area contributed by atoms with Crippen LogP contribution in [0.5, 0.6) is 0 Å². The number of fused-ring (bicyclic) bond motifs is 2. The normalized spacial score (nSPS) is 11.0. The summed E-state index contributed by atoms with van der Waals surface area (Å²) in [5.74, 6) is 0.127. The summed E-state index contributed by atoms with van der Waals surface area (Å²) in [6.45, 7) is 0. The Morgan fingerprint density at radius 1 is 0.935 bits per heavy atom. The number of aromatic nitrogens is 1. The number of hydrogen-bond acceptors (Lipinski definition) is 5.